The summed E-state index contributed by atoms with van der Waals surface area (Å²) in [6.45, 7) is 9.83. The minimum Gasteiger partial charge on any atom is -0.301 e. The summed E-state index contributed by atoms with van der Waals surface area (Å²) in [5.41, 5.74) is 0. The molecule has 2 fully saturated rings. The molecular weight excluding hydrogens is 188 g/mol. The summed E-state index contributed by atoms with van der Waals surface area (Å²) in [6, 6.07) is 0.676. The van der Waals surface area contributed by atoms with Gasteiger partial charge in [-0.05, 0) is 32.7 Å². The zero-order chi connectivity index (χ0) is 10.8. The summed E-state index contributed by atoms with van der Waals surface area (Å²) >= 11 is 0. The number of Topliss-reactive ketones (excluding diaryl/α,β-unsaturated/α-hetero) is 1. The van der Waals surface area contributed by atoms with Crippen molar-refractivity contribution in [2.75, 3.05) is 32.7 Å². The topological polar surface area (TPSA) is 23.6 Å². The highest BCUT2D eigenvalue weighted by molar-refractivity contribution is 5.82. The van der Waals surface area contributed by atoms with Crippen LogP contribution in [0.25, 0.3) is 0 Å². The van der Waals surface area contributed by atoms with Crippen molar-refractivity contribution in [3.63, 3.8) is 0 Å². The lowest BCUT2D eigenvalue weighted by Gasteiger charge is -2.22. The lowest BCUT2D eigenvalue weighted by molar-refractivity contribution is -0.116. The Morgan fingerprint density at radius 1 is 1.40 bits per heavy atom. The van der Waals surface area contributed by atoms with Crippen LogP contribution in [0.15, 0.2) is 0 Å². The van der Waals surface area contributed by atoms with E-state index >= 15 is 0 Å². The first kappa shape index (κ1) is 11.1. The maximum atomic E-state index is 11.1. The number of hydrogen-bond donors (Lipinski definition) is 0. The second kappa shape index (κ2) is 4.62. The minimum atomic E-state index is 0.425. The van der Waals surface area contributed by atoms with Gasteiger partial charge in [0.25, 0.3) is 0 Å². The van der Waals surface area contributed by atoms with Gasteiger partial charge in [0.2, 0.25) is 0 Å². The van der Waals surface area contributed by atoms with Crippen molar-refractivity contribution in [1.82, 2.24) is 9.80 Å². The fourth-order valence-corrected chi connectivity index (χ4v) is 2.69. The number of ketones is 1. The number of rotatable bonds is 3. The molecule has 2 heterocycles. The number of carbonyl (C=O) groups is 1. The van der Waals surface area contributed by atoms with Crippen LogP contribution < -0.4 is 0 Å². The molecule has 0 N–H and O–H groups in total. The highest BCUT2D eigenvalue weighted by Gasteiger charge is 2.28. The lowest BCUT2D eigenvalue weighted by atomic mass is 10.1. The average molecular weight is 210 g/mol. The molecule has 0 spiro atoms. The van der Waals surface area contributed by atoms with Gasteiger partial charge in [-0.1, -0.05) is 0 Å². The van der Waals surface area contributed by atoms with Crippen LogP contribution in [0.4, 0.5) is 0 Å². The van der Waals surface area contributed by atoms with Crippen molar-refractivity contribution in [3.8, 4) is 0 Å². The Balaban J connectivity index is 1.75. The highest BCUT2D eigenvalue weighted by Crippen LogP contribution is 2.20. The molecule has 0 amide bonds. The number of nitrogens with zero attached hydrogens (tertiary/aromatic N) is 2. The maximum Gasteiger partial charge on any atom is 0.148 e. The third kappa shape index (κ3) is 2.79. The van der Waals surface area contributed by atoms with Gasteiger partial charge in [-0.3, -0.25) is 9.69 Å². The van der Waals surface area contributed by atoms with Gasteiger partial charge in [-0.2, -0.15) is 0 Å². The van der Waals surface area contributed by atoms with Crippen LogP contribution in [0.2, 0.25) is 0 Å². The van der Waals surface area contributed by atoms with E-state index in [1.54, 1.807) is 0 Å². The molecule has 86 valence electrons. The Hall–Kier alpha value is -0.410. The standard InChI is InChI=1S/C12H22N2O/c1-10(2)14-6-3-11(8-14)7-13-5-4-12(15)9-13/h10-11H,3-9H2,1-2H3. The number of hydrogen-bond acceptors (Lipinski definition) is 3. The Bertz CT molecular complexity index is 240. The highest BCUT2D eigenvalue weighted by atomic mass is 16.1. The summed E-state index contributed by atoms with van der Waals surface area (Å²) < 4.78 is 0. The predicted molar refractivity (Wildman–Crippen MR) is 60.9 cm³/mol. The molecule has 0 radical (unpaired) electrons. The minimum absolute atomic E-state index is 0.425. The largest absolute Gasteiger partial charge is 0.301 e. The summed E-state index contributed by atoms with van der Waals surface area (Å²) in [6.07, 6.45) is 2.09. The second-order valence-corrected chi connectivity index (χ2v) is 5.27. The van der Waals surface area contributed by atoms with Crippen LogP contribution in [-0.2, 0) is 4.79 Å². The zero-order valence-electron chi connectivity index (χ0n) is 9.91. The van der Waals surface area contributed by atoms with Crippen LogP contribution >= 0.6 is 0 Å². The van der Waals surface area contributed by atoms with Crippen LogP contribution in [-0.4, -0.2) is 54.3 Å². The summed E-state index contributed by atoms with van der Waals surface area (Å²) in [5, 5.41) is 0. The Morgan fingerprint density at radius 3 is 2.73 bits per heavy atom. The molecule has 1 atom stereocenters. The first-order chi connectivity index (χ1) is 7.15. The normalized spacial score (nSPS) is 29.5. The Labute approximate surface area is 92.4 Å². The van der Waals surface area contributed by atoms with E-state index in [1.165, 1.54) is 19.5 Å². The van der Waals surface area contributed by atoms with Crippen molar-refractivity contribution in [2.24, 2.45) is 5.92 Å². The lowest BCUT2D eigenvalue weighted by Crippen LogP contribution is -2.32. The predicted octanol–water partition coefficient (Wildman–Crippen LogP) is 0.991. The van der Waals surface area contributed by atoms with E-state index in [4.69, 9.17) is 0 Å². The molecule has 3 nitrogen and oxygen atoms in total. The monoisotopic (exact) mass is 210 g/mol. The number of likely N-dealkylation sites (tertiary alicyclic amines) is 2. The van der Waals surface area contributed by atoms with Crippen molar-refractivity contribution < 1.29 is 4.79 Å². The third-order valence-corrected chi connectivity index (χ3v) is 3.67. The smallest absolute Gasteiger partial charge is 0.148 e. The van der Waals surface area contributed by atoms with Crippen molar-refractivity contribution >= 4 is 5.78 Å². The van der Waals surface area contributed by atoms with Gasteiger partial charge in [-0.15, -0.1) is 0 Å². The quantitative estimate of drug-likeness (QED) is 0.694. The maximum absolute atomic E-state index is 11.1. The van der Waals surface area contributed by atoms with Gasteiger partial charge in [0.1, 0.15) is 5.78 Å². The van der Waals surface area contributed by atoms with E-state index in [2.05, 4.69) is 23.6 Å². The SMILES string of the molecule is CC(C)N1CCC(CN2CCC(=O)C2)C1. The molecule has 2 saturated heterocycles. The molecule has 2 rings (SSSR count). The number of carbonyl (C=O) groups excluding carboxylic acids is 1. The van der Waals surface area contributed by atoms with E-state index in [9.17, 15) is 4.79 Å². The van der Waals surface area contributed by atoms with Gasteiger partial charge in [0.15, 0.2) is 0 Å². The fraction of sp³-hybridized carbons (Fsp3) is 0.917. The van der Waals surface area contributed by atoms with Gasteiger partial charge in [0, 0.05) is 32.1 Å². The van der Waals surface area contributed by atoms with Crippen molar-refractivity contribution in [3.05, 3.63) is 0 Å². The molecule has 0 aromatic rings. The molecule has 15 heavy (non-hydrogen) atoms. The van der Waals surface area contributed by atoms with Crippen LogP contribution in [0, 0.1) is 5.92 Å². The molecule has 0 aromatic heterocycles. The zero-order valence-corrected chi connectivity index (χ0v) is 9.91. The first-order valence-corrected chi connectivity index (χ1v) is 6.13. The second-order valence-electron chi connectivity index (χ2n) is 5.27. The Kier molecular flexibility index (Phi) is 3.42. The van der Waals surface area contributed by atoms with E-state index < -0.39 is 0 Å². The van der Waals surface area contributed by atoms with E-state index in [0.717, 1.165) is 25.4 Å². The first-order valence-electron chi connectivity index (χ1n) is 6.13. The van der Waals surface area contributed by atoms with Crippen LogP contribution in [0.5, 0.6) is 0 Å². The molecule has 0 saturated carbocycles. The van der Waals surface area contributed by atoms with E-state index in [-0.39, 0.29) is 0 Å². The summed E-state index contributed by atoms with van der Waals surface area (Å²) in [7, 11) is 0. The molecule has 2 aliphatic heterocycles. The molecule has 0 aliphatic carbocycles. The summed E-state index contributed by atoms with van der Waals surface area (Å²) in [4.78, 5) is 16.0. The third-order valence-electron chi connectivity index (χ3n) is 3.67. The van der Waals surface area contributed by atoms with Crippen LogP contribution in [0.3, 0.4) is 0 Å². The van der Waals surface area contributed by atoms with E-state index in [1.807, 2.05) is 0 Å². The van der Waals surface area contributed by atoms with Gasteiger partial charge in [0.05, 0.1) is 6.54 Å². The van der Waals surface area contributed by atoms with Crippen LogP contribution in [0.1, 0.15) is 26.7 Å². The molecule has 0 aromatic carbocycles. The van der Waals surface area contributed by atoms with Gasteiger partial charge < -0.3 is 4.90 Å². The molecular formula is C12H22N2O. The van der Waals surface area contributed by atoms with Gasteiger partial charge in [-0.25, -0.2) is 0 Å². The molecule has 3 heteroatoms. The molecule has 2 aliphatic rings. The Morgan fingerprint density at radius 2 is 2.20 bits per heavy atom. The van der Waals surface area contributed by atoms with Crippen molar-refractivity contribution in [1.29, 1.82) is 0 Å². The van der Waals surface area contributed by atoms with E-state index in [0.29, 0.717) is 18.4 Å². The molecule has 0 bridgehead atoms. The van der Waals surface area contributed by atoms with Gasteiger partial charge >= 0.3 is 0 Å². The van der Waals surface area contributed by atoms with Crippen molar-refractivity contribution in [2.45, 2.75) is 32.7 Å². The average Bonchev–Trinajstić information content (AvgIpc) is 2.76. The summed E-state index contributed by atoms with van der Waals surface area (Å²) in [5.74, 6) is 1.21. The molecule has 1 unspecified atom stereocenters. The fourth-order valence-electron chi connectivity index (χ4n) is 2.69.